The van der Waals surface area contributed by atoms with Crippen LogP contribution in [-0.4, -0.2) is 39.6 Å². The van der Waals surface area contributed by atoms with Crippen LogP contribution in [0.3, 0.4) is 0 Å². The van der Waals surface area contributed by atoms with E-state index in [0.29, 0.717) is 11.6 Å². The van der Waals surface area contributed by atoms with Crippen molar-refractivity contribution in [2.24, 2.45) is 0 Å². The molecule has 3 rings (SSSR count). The summed E-state index contributed by atoms with van der Waals surface area (Å²) in [6.07, 6.45) is 0. The molecule has 5 nitrogen and oxygen atoms in total. The Labute approximate surface area is 150 Å². The Hall–Kier alpha value is -0.930. The summed E-state index contributed by atoms with van der Waals surface area (Å²) in [6, 6.07) is 9.01. The van der Waals surface area contributed by atoms with Crippen molar-refractivity contribution < 1.29 is 16.8 Å². The van der Waals surface area contributed by atoms with E-state index in [0.717, 1.165) is 4.88 Å². The largest absolute Gasteiger partial charge is 0.307 e. The molecule has 24 heavy (non-hydrogen) atoms. The summed E-state index contributed by atoms with van der Waals surface area (Å²) in [5.41, 5.74) is 0. The second-order valence-electron chi connectivity index (χ2n) is 5.68. The van der Waals surface area contributed by atoms with Gasteiger partial charge in [0.15, 0.2) is 19.7 Å². The van der Waals surface area contributed by atoms with Gasteiger partial charge < -0.3 is 5.32 Å². The molecule has 1 aliphatic rings. The average Bonchev–Trinajstić information content (AvgIpc) is 3.13. The maximum Gasteiger partial charge on any atom is 0.183 e. The molecule has 1 aromatic carbocycles. The van der Waals surface area contributed by atoms with Crippen LogP contribution in [0, 0.1) is 0 Å². The molecule has 0 saturated carbocycles. The lowest BCUT2D eigenvalue weighted by atomic mass is 10.2. The predicted octanol–water partition coefficient (Wildman–Crippen LogP) is 2.13. The van der Waals surface area contributed by atoms with Crippen LogP contribution in [0.4, 0.5) is 0 Å². The highest BCUT2D eigenvalue weighted by molar-refractivity contribution is 7.96. The van der Waals surface area contributed by atoms with Gasteiger partial charge in [0.25, 0.3) is 0 Å². The molecular weight excluding hydrogens is 390 g/mol. The summed E-state index contributed by atoms with van der Waals surface area (Å²) >= 11 is 7.34. The molecule has 2 heterocycles. The standard InChI is InChI=1S/C15H16ClNO4S3/c16-11-3-5-13(6-4-11)24(20,21)15-10-23(18,19)9-14(15)17-8-12-2-1-7-22-12/h1-7,14-15,17H,8-10H2/t14-,15-/m0/s1. The summed E-state index contributed by atoms with van der Waals surface area (Å²) in [5.74, 6) is -0.532. The minimum absolute atomic E-state index is 0.0944. The number of halogens is 1. The van der Waals surface area contributed by atoms with Gasteiger partial charge in [-0.25, -0.2) is 16.8 Å². The molecule has 1 aliphatic heterocycles. The predicted molar refractivity (Wildman–Crippen MR) is 96.0 cm³/mol. The van der Waals surface area contributed by atoms with Crippen molar-refractivity contribution in [3.63, 3.8) is 0 Å². The highest BCUT2D eigenvalue weighted by atomic mass is 35.5. The van der Waals surface area contributed by atoms with Gasteiger partial charge in [-0.15, -0.1) is 11.3 Å². The molecule has 1 aromatic heterocycles. The normalized spacial score (nSPS) is 23.4. The lowest BCUT2D eigenvalue weighted by molar-refractivity contribution is 0.528. The van der Waals surface area contributed by atoms with Crippen LogP contribution in [0.5, 0.6) is 0 Å². The first-order chi connectivity index (χ1) is 11.3. The first-order valence-electron chi connectivity index (χ1n) is 7.23. The van der Waals surface area contributed by atoms with Gasteiger partial charge in [0.2, 0.25) is 0 Å². The molecular formula is C15H16ClNO4S3. The van der Waals surface area contributed by atoms with Crippen molar-refractivity contribution in [2.45, 2.75) is 22.7 Å². The van der Waals surface area contributed by atoms with Crippen molar-refractivity contribution in [1.82, 2.24) is 5.32 Å². The Morgan fingerprint density at radius 3 is 2.50 bits per heavy atom. The van der Waals surface area contributed by atoms with Crippen molar-refractivity contribution >= 4 is 42.6 Å². The number of benzene rings is 1. The quantitative estimate of drug-likeness (QED) is 0.824. The van der Waals surface area contributed by atoms with Gasteiger partial charge in [-0.3, -0.25) is 0 Å². The molecule has 0 aliphatic carbocycles. The SMILES string of the molecule is O=S1(=O)C[C@H](NCc2cccs2)[C@@H](S(=O)(=O)c2ccc(Cl)cc2)C1. The smallest absolute Gasteiger partial charge is 0.183 e. The number of hydrogen-bond acceptors (Lipinski definition) is 6. The van der Waals surface area contributed by atoms with Gasteiger partial charge in [-0.05, 0) is 35.7 Å². The van der Waals surface area contributed by atoms with E-state index in [-0.39, 0.29) is 16.4 Å². The third-order valence-corrected chi connectivity index (χ3v) is 9.25. The van der Waals surface area contributed by atoms with Gasteiger partial charge in [0.1, 0.15) is 0 Å². The minimum Gasteiger partial charge on any atom is -0.307 e. The van der Waals surface area contributed by atoms with Crippen LogP contribution in [0.25, 0.3) is 0 Å². The lowest BCUT2D eigenvalue weighted by Crippen LogP contribution is -2.42. The highest BCUT2D eigenvalue weighted by Crippen LogP contribution is 2.27. The van der Waals surface area contributed by atoms with E-state index in [1.54, 1.807) is 0 Å². The van der Waals surface area contributed by atoms with Gasteiger partial charge in [-0.1, -0.05) is 17.7 Å². The molecule has 1 N–H and O–H groups in total. The van der Waals surface area contributed by atoms with Crippen molar-refractivity contribution in [2.75, 3.05) is 11.5 Å². The fourth-order valence-electron chi connectivity index (χ4n) is 2.76. The molecule has 130 valence electrons. The summed E-state index contributed by atoms with van der Waals surface area (Å²) in [7, 11) is -7.16. The van der Waals surface area contributed by atoms with E-state index in [1.807, 2.05) is 17.5 Å². The van der Waals surface area contributed by atoms with Crippen molar-refractivity contribution in [3.8, 4) is 0 Å². The van der Waals surface area contributed by atoms with Crippen molar-refractivity contribution in [3.05, 3.63) is 51.7 Å². The fraction of sp³-hybridized carbons (Fsp3) is 0.333. The number of rotatable bonds is 5. The summed E-state index contributed by atoms with van der Waals surface area (Å²) < 4.78 is 49.8. The Morgan fingerprint density at radius 2 is 1.88 bits per heavy atom. The van der Waals surface area contributed by atoms with Crippen LogP contribution in [0.2, 0.25) is 5.02 Å². The molecule has 0 unspecified atom stereocenters. The third-order valence-electron chi connectivity index (χ3n) is 3.96. The molecule has 2 atom stereocenters. The maximum absolute atomic E-state index is 12.9. The van der Waals surface area contributed by atoms with Crippen LogP contribution in [-0.2, 0) is 26.2 Å². The van der Waals surface area contributed by atoms with Crippen LogP contribution < -0.4 is 5.32 Å². The third kappa shape index (κ3) is 3.83. The molecule has 1 saturated heterocycles. The zero-order chi connectivity index (χ0) is 17.4. The minimum atomic E-state index is -3.76. The van der Waals surface area contributed by atoms with E-state index < -0.39 is 31.0 Å². The molecule has 0 radical (unpaired) electrons. The average molecular weight is 406 g/mol. The van der Waals surface area contributed by atoms with E-state index >= 15 is 0 Å². The highest BCUT2D eigenvalue weighted by Gasteiger charge is 2.45. The van der Waals surface area contributed by atoms with Gasteiger partial charge in [0.05, 0.1) is 21.7 Å². The number of hydrogen-bond donors (Lipinski definition) is 1. The van der Waals surface area contributed by atoms with E-state index in [2.05, 4.69) is 5.32 Å². The topological polar surface area (TPSA) is 80.3 Å². The first-order valence-corrected chi connectivity index (χ1v) is 11.9. The van der Waals surface area contributed by atoms with Crippen LogP contribution >= 0.6 is 22.9 Å². The molecule has 0 bridgehead atoms. The number of nitrogens with one attached hydrogen (secondary N) is 1. The summed E-state index contributed by atoms with van der Waals surface area (Å²) in [5, 5.41) is 4.46. The molecule has 2 aromatic rings. The Kier molecular flexibility index (Phi) is 5.04. The van der Waals surface area contributed by atoms with Crippen LogP contribution in [0.1, 0.15) is 4.88 Å². The van der Waals surface area contributed by atoms with E-state index in [1.165, 1.54) is 35.6 Å². The Balaban J connectivity index is 1.86. The maximum atomic E-state index is 12.9. The Morgan fingerprint density at radius 1 is 1.17 bits per heavy atom. The molecule has 9 heteroatoms. The van der Waals surface area contributed by atoms with Crippen LogP contribution in [0.15, 0.2) is 46.7 Å². The fourth-order valence-corrected chi connectivity index (χ4v) is 8.25. The number of thiophene rings is 1. The zero-order valence-corrected chi connectivity index (χ0v) is 15.8. The monoisotopic (exact) mass is 405 g/mol. The van der Waals surface area contributed by atoms with Gasteiger partial charge >= 0.3 is 0 Å². The lowest BCUT2D eigenvalue weighted by Gasteiger charge is -2.19. The summed E-state index contributed by atoms with van der Waals surface area (Å²) in [4.78, 5) is 1.12. The molecule has 1 fully saturated rings. The summed E-state index contributed by atoms with van der Waals surface area (Å²) in [6.45, 7) is 0.449. The van der Waals surface area contributed by atoms with Gasteiger partial charge in [-0.2, -0.15) is 0 Å². The second-order valence-corrected chi connectivity index (χ2v) is 11.5. The first kappa shape index (κ1) is 17.9. The zero-order valence-electron chi connectivity index (χ0n) is 12.6. The van der Waals surface area contributed by atoms with E-state index in [4.69, 9.17) is 11.6 Å². The van der Waals surface area contributed by atoms with Gasteiger partial charge in [0, 0.05) is 22.5 Å². The van der Waals surface area contributed by atoms with Crippen molar-refractivity contribution in [1.29, 1.82) is 0 Å². The molecule has 0 spiro atoms. The Bertz CT molecular complexity index is 906. The molecule has 0 amide bonds. The number of sulfone groups is 2. The van der Waals surface area contributed by atoms with E-state index in [9.17, 15) is 16.8 Å². The second kappa shape index (κ2) is 6.76.